The number of benzene rings is 1. The Morgan fingerprint density at radius 2 is 2.15 bits per heavy atom. The minimum atomic E-state index is -0.188. The quantitative estimate of drug-likeness (QED) is 0.618. The molecule has 1 aliphatic carbocycles. The van der Waals surface area contributed by atoms with Gasteiger partial charge in [0.1, 0.15) is 12.3 Å². The van der Waals surface area contributed by atoms with E-state index in [1.54, 1.807) is 13.2 Å². The number of fused-ring (bicyclic) bond motifs is 1. The number of H-pyrrole nitrogens is 2. The zero-order valence-corrected chi connectivity index (χ0v) is 15.0. The number of ether oxygens (including phenoxy) is 2. The fourth-order valence-electron chi connectivity index (χ4n) is 3.24. The van der Waals surface area contributed by atoms with Crippen LogP contribution in [0.1, 0.15) is 33.9 Å². The summed E-state index contributed by atoms with van der Waals surface area (Å²) < 4.78 is 11.0. The molecule has 0 saturated carbocycles. The van der Waals surface area contributed by atoms with Crippen LogP contribution < -0.4 is 14.8 Å². The van der Waals surface area contributed by atoms with E-state index >= 15 is 0 Å². The Bertz CT molecular complexity index is 933. The number of rotatable bonds is 6. The molecule has 0 saturated heterocycles. The lowest BCUT2D eigenvalue weighted by Crippen LogP contribution is -2.38. The Balaban J connectivity index is 1.34. The summed E-state index contributed by atoms with van der Waals surface area (Å²) in [5.74, 6) is 1.11. The molecule has 1 unspecified atom stereocenters. The standard InChI is InChI=1S/C19H21N5O3/c1-26-17-4-2-3-5-18(17)27-11-14-9-16(24-22-14)19(25)21-13-6-7-15-12(8-13)10-20-23-15/h2-5,9-10,13H,6-8,11H2,1H3,(H,20,23)(H,21,25)(H,22,24). The summed E-state index contributed by atoms with van der Waals surface area (Å²) in [7, 11) is 1.60. The molecule has 2 aromatic heterocycles. The number of hydrogen-bond donors (Lipinski definition) is 3. The number of aromatic nitrogens is 4. The largest absolute Gasteiger partial charge is 0.493 e. The highest BCUT2D eigenvalue weighted by molar-refractivity contribution is 5.92. The molecule has 1 atom stereocenters. The molecule has 1 amide bonds. The molecule has 0 bridgehead atoms. The first-order valence-electron chi connectivity index (χ1n) is 8.85. The van der Waals surface area contributed by atoms with E-state index < -0.39 is 0 Å². The molecule has 0 radical (unpaired) electrons. The van der Waals surface area contributed by atoms with Crippen LogP contribution in [-0.2, 0) is 19.4 Å². The van der Waals surface area contributed by atoms with Gasteiger partial charge in [0.15, 0.2) is 11.5 Å². The van der Waals surface area contributed by atoms with Crippen molar-refractivity contribution >= 4 is 5.91 Å². The predicted octanol–water partition coefficient (Wildman–Crippen LogP) is 2.01. The van der Waals surface area contributed by atoms with Crippen molar-refractivity contribution in [1.29, 1.82) is 0 Å². The molecule has 0 fully saturated rings. The Labute approximate surface area is 156 Å². The van der Waals surface area contributed by atoms with Gasteiger partial charge in [-0.1, -0.05) is 12.1 Å². The SMILES string of the molecule is COc1ccccc1OCc1cc(C(=O)NC2CCc3[nH]ncc3C2)n[nH]1. The number of aryl methyl sites for hydroxylation is 1. The molecule has 8 heteroatoms. The maximum absolute atomic E-state index is 12.5. The molecule has 2 heterocycles. The molecule has 1 aliphatic rings. The first-order valence-corrected chi connectivity index (χ1v) is 8.85. The van der Waals surface area contributed by atoms with Gasteiger partial charge in [-0.05, 0) is 43.0 Å². The molecule has 4 rings (SSSR count). The van der Waals surface area contributed by atoms with Crippen molar-refractivity contribution in [3.8, 4) is 11.5 Å². The lowest BCUT2D eigenvalue weighted by molar-refractivity contribution is 0.0928. The average Bonchev–Trinajstić information content (AvgIpc) is 3.35. The van der Waals surface area contributed by atoms with E-state index in [2.05, 4.69) is 25.7 Å². The van der Waals surface area contributed by atoms with Crippen LogP contribution in [0.4, 0.5) is 0 Å². The van der Waals surface area contributed by atoms with Crippen LogP contribution in [0.5, 0.6) is 11.5 Å². The molecule has 0 aliphatic heterocycles. The van der Waals surface area contributed by atoms with Gasteiger partial charge in [0.25, 0.3) is 5.91 Å². The fraction of sp³-hybridized carbons (Fsp3) is 0.316. The van der Waals surface area contributed by atoms with Crippen molar-refractivity contribution in [3.05, 3.63) is 59.2 Å². The minimum absolute atomic E-state index is 0.0904. The molecule has 0 spiro atoms. The monoisotopic (exact) mass is 367 g/mol. The average molecular weight is 367 g/mol. The molecule has 27 heavy (non-hydrogen) atoms. The Hall–Kier alpha value is -3.29. The molecule has 140 valence electrons. The number of aromatic amines is 2. The van der Waals surface area contributed by atoms with Gasteiger partial charge in [-0.25, -0.2) is 0 Å². The van der Waals surface area contributed by atoms with Gasteiger partial charge in [0.2, 0.25) is 0 Å². The number of carbonyl (C=O) groups excluding carboxylic acids is 1. The van der Waals surface area contributed by atoms with Gasteiger partial charge in [0, 0.05) is 11.7 Å². The van der Waals surface area contributed by atoms with Crippen LogP contribution in [0.3, 0.4) is 0 Å². The lowest BCUT2D eigenvalue weighted by atomic mass is 9.93. The fourth-order valence-corrected chi connectivity index (χ4v) is 3.24. The van der Waals surface area contributed by atoms with Crippen molar-refractivity contribution in [3.63, 3.8) is 0 Å². The second kappa shape index (κ2) is 7.53. The number of carbonyl (C=O) groups is 1. The number of nitrogens with zero attached hydrogens (tertiary/aromatic N) is 2. The maximum Gasteiger partial charge on any atom is 0.272 e. The van der Waals surface area contributed by atoms with E-state index in [-0.39, 0.29) is 18.6 Å². The highest BCUT2D eigenvalue weighted by atomic mass is 16.5. The van der Waals surface area contributed by atoms with Crippen LogP contribution >= 0.6 is 0 Å². The van der Waals surface area contributed by atoms with E-state index in [9.17, 15) is 4.79 Å². The molecular formula is C19H21N5O3. The van der Waals surface area contributed by atoms with Crippen molar-refractivity contribution in [2.45, 2.75) is 31.9 Å². The van der Waals surface area contributed by atoms with Crippen molar-refractivity contribution < 1.29 is 14.3 Å². The number of nitrogens with one attached hydrogen (secondary N) is 3. The second-order valence-electron chi connectivity index (χ2n) is 6.50. The van der Waals surface area contributed by atoms with E-state index in [0.717, 1.165) is 25.0 Å². The van der Waals surface area contributed by atoms with Crippen LogP contribution in [0, 0.1) is 0 Å². The summed E-state index contributed by atoms with van der Waals surface area (Å²) in [6.45, 7) is 0.266. The third kappa shape index (κ3) is 3.79. The van der Waals surface area contributed by atoms with Gasteiger partial charge in [-0.2, -0.15) is 10.2 Å². The van der Waals surface area contributed by atoms with Gasteiger partial charge < -0.3 is 14.8 Å². The number of para-hydroxylation sites is 2. The van der Waals surface area contributed by atoms with Crippen molar-refractivity contribution in [2.75, 3.05) is 7.11 Å². The van der Waals surface area contributed by atoms with Gasteiger partial charge in [-0.3, -0.25) is 15.0 Å². The lowest BCUT2D eigenvalue weighted by Gasteiger charge is -2.22. The van der Waals surface area contributed by atoms with Gasteiger partial charge >= 0.3 is 0 Å². The van der Waals surface area contributed by atoms with E-state index in [1.807, 2.05) is 30.5 Å². The molecular weight excluding hydrogens is 346 g/mol. The normalized spacial score (nSPS) is 15.8. The van der Waals surface area contributed by atoms with Gasteiger partial charge in [-0.15, -0.1) is 0 Å². The third-order valence-corrected chi connectivity index (χ3v) is 4.67. The third-order valence-electron chi connectivity index (χ3n) is 4.67. The summed E-state index contributed by atoms with van der Waals surface area (Å²) >= 11 is 0. The Morgan fingerprint density at radius 3 is 3.00 bits per heavy atom. The summed E-state index contributed by atoms with van der Waals surface area (Å²) in [6, 6.07) is 9.21. The van der Waals surface area contributed by atoms with E-state index in [4.69, 9.17) is 9.47 Å². The molecule has 8 nitrogen and oxygen atoms in total. The predicted molar refractivity (Wildman–Crippen MR) is 97.8 cm³/mol. The van der Waals surface area contributed by atoms with Crippen LogP contribution in [0.2, 0.25) is 0 Å². The Kier molecular flexibility index (Phi) is 4.78. The van der Waals surface area contributed by atoms with Crippen molar-refractivity contribution in [2.24, 2.45) is 0 Å². The molecule has 3 N–H and O–H groups in total. The van der Waals surface area contributed by atoms with Gasteiger partial charge in [0.05, 0.1) is 19.0 Å². The summed E-state index contributed by atoms with van der Waals surface area (Å²) in [4.78, 5) is 12.5. The smallest absolute Gasteiger partial charge is 0.272 e. The van der Waals surface area contributed by atoms with Crippen LogP contribution in [0.15, 0.2) is 36.5 Å². The maximum atomic E-state index is 12.5. The molecule has 1 aromatic carbocycles. The highest BCUT2D eigenvalue weighted by Gasteiger charge is 2.23. The topological polar surface area (TPSA) is 105 Å². The first kappa shape index (κ1) is 17.1. The summed E-state index contributed by atoms with van der Waals surface area (Å²) in [5, 5.41) is 17.1. The summed E-state index contributed by atoms with van der Waals surface area (Å²) in [6.07, 6.45) is 4.38. The first-order chi connectivity index (χ1) is 13.2. The van der Waals surface area contributed by atoms with E-state index in [1.165, 1.54) is 5.56 Å². The van der Waals surface area contributed by atoms with E-state index in [0.29, 0.717) is 22.9 Å². The number of amides is 1. The zero-order chi connectivity index (χ0) is 18.6. The minimum Gasteiger partial charge on any atom is -0.493 e. The second-order valence-corrected chi connectivity index (χ2v) is 6.50. The molecule has 3 aromatic rings. The number of hydrogen-bond acceptors (Lipinski definition) is 5. The van der Waals surface area contributed by atoms with Crippen molar-refractivity contribution in [1.82, 2.24) is 25.7 Å². The van der Waals surface area contributed by atoms with Crippen LogP contribution in [0.25, 0.3) is 0 Å². The Morgan fingerprint density at radius 1 is 1.30 bits per heavy atom. The number of methoxy groups -OCH3 is 1. The highest BCUT2D eigenvalue weighted by Crippen LogP contribution is 2.26. The summed E-state index contributed by atoms with van der Waals surface area (Å²) in [5.41, 5.74) is 3.40. The van der Waals surface area contributed by atoms with Crippen LogP contribution in [-0.4, -0.2) is 39.5 Å². The zero-order valence-electron chi connectivity index (χ0n) is 15.0.